The first kappa shape index (κ1) is 14.6. The Labute approximate surface area is 123 Å². The summed E-state index contributed by atoms with van der Waals surface area (Å²) in [7, 11) is 3.40. The first-order valence-corrected chi connectivity index (χ1v) is 7.24. The van der Waals surface area contributed by atoms with Crippen molar-refractivity contribution < 1.29 is 9.53 Å². The second-order valence-corrected chi connectivity index (χ2v) is 5.32. The number of rotatable bonds is 6. The van der Waals surface area contributed by atoms with Crippen molar-refractivity contribution in [3.05, 3.63) is 46.7 Å². The molecule has 0 saturated heterocycles. The zero-order chi connectivity index (χ0) is 14.4. The van der Waals surface area contributed by atoms with E-state index in [1.54, 1.807) is 30.4 Å². The molecular formula is C15H18N2O2S. The van der Waals surface area contributed by atoms with E-state index in [2.05, 4.69) is 5.32 Å². The van der Waals surface area contributed by atoms with Gasteiger partial charge in [0.1, 0.15) is 5.75 Å². The van der Waals surface area contributed by atoms with Crippen LogP contribution in [0.3, 0.4) is 0 Å². The van der Waals surface area contributed by atoms with Gasteiger partial charge in [-0.3, -0.25) is 4.79 Å². The molecule has 106 valence electrons. The molecule has 0 radical (unpaired) electrons. The van der Waals surface area contributed by atoms with Crippen molar-refractivity contribution in [3.63, 3.8) is 0 Å². The normalized spacial score (nSPS) is 10.3. The molecule has 0 saturated carbocycles. The van der Waals surface area contributed by atoms with Gasteiger partial charge in [0.05, 0.1) is 20.2 Å². The van der Waals surface area contributed by atoms with Gasteiger partial charge in [-0.2, -0.15) is 0 Å². The van der Waals surface area contributed by atoms with Gasteiger partial charge in [0.25, 0.3) is 0 Å². The predicted octanol–water partition coefficient (Wildman–Crippen LogP) is 2.51. The van der Waals surface area contributed by atoms with Crippen LogP contribution in [-0.4, -0.2) is 26.6 Å². The van der Waals surface area contributed by atoms with Gasteiger partial charge in [-0.15, -0.1) is 11.3 Å². The molecule has 1 heterocycles. The van der Waals surface area contributed by atoms with E-state index in [9.17, 15) is 4.79 Å². The Bertz CT molecular complexity index is 538. The highest BCUT2D eigenvalue weighted by atomic mass is 32.1. The van der Waals surface area contributed by atoms with Gasteiger partial charge in [0.15, 0.2) is 0 Å². The number of ether oxygens (including phenoxy) is 1. The minimum absolute atomic E-state index is 0.0473. The number of nitrogens with one attached hydrogen (secondary N) is 1. The third kappa shape index (κ3) is 3.59. The van der Waals surface area contributed by atoms with E-state index in [4.69, 9.17) is 4.74 Å². The number of nitrogens with zero attached hydrogens (tertiary/aromatic N) is 1. The molecule has 4 nitrogen and oxygen atoms in total. The Morgan fingerprint density at radius 3 is 2.60 bits per heavy atom. The second-order valence-electron chi connectivity index (χ2n) is 4.29. The Morgan fingerprint density at radius 1 is 1.30 bits per heavy atom. The summed E-state index contributed by atoms with van der Waals surface area (Å²) >= 11 is 1.65. The molecular weight excluding hydrogens is 272 g/mol. The van der Waals surface area contributed by atoms with E-state index >= 15 is 0 Å². The lowest BCUT2D eigenvalue weighted by molar-refractivity contribution is -0.117. The molecule has 0 bridgehead atoms. The lowest BCUT2D eigenvalue weighted by Crippen LogP contribution is -2.36. The summed E-state index contributed by atoms with van der Waals surface area (Å²) in [5, 5.41) is 4.93. The van der Waals surface area contributed by atoms with Crippen molar-refractivity contribution in [2.45, 2.75) is 6.54 Å². The van der Waals surface area contributed by atoms with Crippen LogP contribution in [0.2, 0.25) is 0 Å². The number of carbonyl (C=O) groups is 1. The van der Waals surface area contributed by atoms with Gasteiger partial charge < -0.3 is 15.0 Å². The van der Waals surface area contributed by atoms with Crippen LogP contribution >= 0.6 is 11.3 Å². The Kier molecular flexibility index (Phi) is 5.15. The highest BCUT2D eigenvalue weighted by Crippen LogP contribution is 2.22. The number of amides is 1. The molecule has 0 atom stereocenters. The smallest absolute Gasteiger partial charge is 0.241 e. The van der Waals surface area contributed by atoms with Gasteiger partial charge >= 0.3 is 0 Å². The summed E-state index contributed by atoms with van der Waals surface area (Å²) in [5.74, 6) is 0.831. The number of benzene rings is 1. The van der Waals surface area contributed by atoms with Crippen LogP contribution < -0.4 is 15.0 Å². The zero-order valence-corrected chi connectivity index (χ0v) is 12.4. The van der Waals surface area contributed by atoms with Crippen molar-refractivity contribution >= 4 is 22.9 Å². The number of hydrogen-bond acceptors (Lipinski definition) is 4. The van der Waals surface area contributed by atoms with Crippen molar-refractivity contribution in [3.8, 4) is 5.75 Å². The summed E-state index contributed by atoms with van der Waals surface area (Å²) < 4.78 is 5.15. The number of carbonyl (C=O) groups excluding carboxylic acids is 1. The molecule has 0 aliphatic heterocycles. The first-order valence-electron chi connectivity index (χ1n) is 6.36. The maximum absolute atomic E-state index is 12.3. The number of thiophene rings is 1. The van der Waals surface area contributed by atoms with Crippen LogP contribution in [0.1, 0.15) is 4.88 Å². The molecule has 0 unspecified atom stereocenters. The molecule has 1 aromatic heterocycles. The van der Waals surface area contributed by atoms with Gasteiger partial charge in [-0.1, -0.05) is 6.07 Å². The third-order valence-electron chi connectivity index (χ3n) is 2.91. The molecule has 0 spiro atoms. The van der Waals surface area contributed by atoms with E-state index in [1.165, 1.54) is 0 Å². The Hall–Kier alpha value is -1.85. The van der Waals surface area contributed by atoms with Gasteiger partial charge in [0.2, 0.25) is 5.91 Å². The summed E-state index contributed by atoms with van der Waals surface area (Å²) in [6.07, 6.45) is 0. The maximum atomic E-state index is 12.3. The number of hydrogen-bond donors (Lipinski definition) is 1. The van der Waals surface area contributed by atoms with Gasteiger partial charge in [0, 0.05) is 10.6 Å². The summed E-state index contributed by atoms with van der Waals surface area (Å²) in [6.45, 7) is 0.905. The maximum Gasteiger partial charge on any atom is 0.241 e. The Morgan fingerprint density at radius 2 is 2.05 bits per heavy atom. The minimum atomic E-state index is 0.0473. The lowest BCUT2D eigenvalue weighted by atomic mass is 10.2. The molecule has 1 amide bonds. The van der Waals surface area contributed by atoms with Crippen LogP contribution in [0.15, 0.2) is 41.8 Å². The molecule has 2 rings (SSSR count). The van der Waals surface area contributed by atoms with E-state index in [0.717, 1.165) is 16.3 Å². The number of methoxy groups -OCH3 is 1. The van der Waals surface area contributed by atoms with Crippen molar-refractivity contribution in [1.29, 1.82) is 0 Å². The van der Waals surface area contributed by atoms with Crippen LogP contribution in [0.5, 0.6) is 5.75 Å². The van der Waals surface area contributed by atoms with E-state index in [0.29, 0.717) is 13.1 Å². The largest absolute Gasteiger partial charge is 0.497 e. The highest BCUT2D eigenvalue weighted by Gasteiger charge is 2.16. The van der Waals surface area contributed by atoms with E-state index < -0.39 is 0 Å². The van der Waals surface area contributed by atoms with Crippen molar-refractivity contribution in [1.82, 2.24) is 5.32 Å². The molecule has 20 heavy (non-hydrogen) atoms. The molecule has 0 aliphatic rings. The van der Waals surface area contributed by atoms with E-state index in [1.807, 2.05) is 41.8 Å². The number of anilines is 1. The topological polar surface area (TPSA) is 41.6 Å². The van der Waals surface area contributed by atoms with Crippen LogP contribution in [0, 0.1) is 0 Å². The second kappa shape index (κ2) is 7.07. The summed E-state index contributed by atoms with van der Waals surface area (Å²) in [4.78, 5) is 15.2. The molecule has 0 aliphatic carbocycles. The molecule has 2 aromatic rings. The molecule has 5 heteroatoms. The fourth-order valence-corrected chi connectivity index (χ4v) is 2.58. The fraction of sp³-hybridized carbons (Fsp3) is 0.267. The van der Waals surface area contributed by atoms with E-state index in [-0.39, 0.29) is 5.91 Å². The van der Waals surface area contributed by atoms with Crippen LogP contribution in [0.4, 0.5) is 5.69 Å². The van der Waals surface area contributed by atoms with Crippen molar-refractivity contribution in [2.75, 3.05) is 25.6 Å². The minimum Gasteiger partial charge on any atom is -0.497 e. The summed E-state index contributed by atoms with van der Waals surface area (Å²) in [6, 6.07) is 11.6. The quantitative estimate of drug-likeness (QED) is 0.889. The lowest BCUT2D eigenvalue weighted by Gasteiger charge is -2.22. The number of likely N-dealkylation sites (N-methyl/N-ethyl adjacent to an activating group) is 1. The first-order chi connectivity index (χ1) is 9.74. The standard InChI is InChI=1S/C15H18N2O2S/c1-16-10-15(18)17(11-14-4-3-9-20-14)12-5-7-13(19-2)8-6-12/h3-9,16H,10-11H2,1-2H3. The van der Waals surface area contributed by atoms with Crippen LogP contribution in [0.25, 0.3) is 0 Å². The molecule has 0 fully saturated rings. The van der Waals surface area contributed by atoms with Gasteiger partial charge in [-0.05, 0) is 42.8 Å². The molecule has 1 N–H and O–H groups in total. The molecule has 1 aromatic carbocycles. The summed E-state index contributed by atoms with van der Waals surface area (Å²) in [5.41, 5.74) is 0.874. The van der Waals surface area contributed by atoms with Crippen LogP contribution in [-0.2, 0) is 11.3 Å². The predicted molar refractivity (Wildman–Crippen MR) is 82.4 cm³/mol. The van der Waals surface area contributed by atoms with Crippen molar-refractivity contribution in [2.24, 2.45) is 0 Å². The highest BCUT2D eigenvalue weighted by molar-refractivity contribution is 7.09. The average molecular weight is 290 g/mol. The average Bonchev–Trinajstić information content (AvgIpc) is 2.98. The Balaban J connectivity index is 2.22. The monoisotopic (exact) mass is 290 g/mol. The zero-order valence-electron chi connectivity index (χ0n) is 11.6. The fourth-order valence-electron chi connectivity index (χ4n) is 1.89. The SMILES string of the molecule is CNCC(=O)N(Cc1cccs1)c1ccc(OC)cc1. The third-order valence-corrected chi connectivity index (χ3v) is 3.77. The van der Waals surface area contributed by atoms with Gasteiger partial charge in [-0.25, -0.2) is 0 Å².